The Labute approximate surface area is 149 Å². The van der Waals surface area contributed by atoms with Gasteiger partial charge in [0.05, 0.1) is 18.1 Å². The highest BCUT2D eigenvalue weighted by Crippen LogP contribution is 2.38. The Morgan fingerprint density at radius 1 is 1.20 bits per heavy atom. The third-order valence-electron chi connectivity index (χ3n) is 4.89. The Balaban J connectivity index is 1.85. The van der Waals surface area contributed by atoms with E-state index in [0.29, 0.717) is 31.6 Å². The maximum atomic E-state index is 12.1. The van der Waals surface area contributed by atoms with Gasteiger partial charge < -0.3 is 15.2 Å². The fraction of sp³-hybridized carbons (Fsp3) is 0.600. The molecule has 0 heterocycles. The fourth-order valence-electron chi connectivity index (χ4n) is 3.17. The number of hydrogen-bond acceptors (Lipinski definition) is 5. The van der Waals surface area contributed by atoms with E-state index in [1.165, 1.54) is 0 Å². The van der Waals surface area contributed by atoms with Crippen LogP contribution in [0.1, 0.15) is 62.7 Å². The summed E-state index contributed by atoms with van der Waals surface area (Å²) in [6, 6.07) is 7.29. The van der Waals surface area contributed by atoms with Crippen molar-refractivity contribution in [3.8, 4) is 5.75 Å². The highest BCUT2D eigenvalue weighted by atomic mass is 16.5. The first-order valence-corrected chi connectivity index (χ1v) is 9.15. The van der Waals surface area contributed by atoms with Crippen molar-refractivity contribution in [2.24, 2.45) is 11.1 Å². The molecule has 0 aliphatic heterocycles. The first kappa shape index (κ1) is 19.4. The molecule has 1 aliphatic rings. The molecule has 138 valence electrons. The number of hydrogen-bond donors (Lipinski definition) is 1. The minimum Gasteiger partial charge on any atom is -0.490 e. The van der Waals surface area contributed by atoms with E-state index in [-0.39, 0.29) is 17.9 Å². The summed E-state index contributed by atoms with van der Waals surface area (Å²) in [5, 5.41) is 0. The monoisotopic (exact) mass is 347 g/mol. The van der Waals surface area contributed by atoms with Crippen molar-refractivity contribution in [3.05, 3.63) is 29.8 Å². The van der Waals surface area contributed by atoms with Crippen molar-refractivity contribution in [3.63, 3.8) is 0 Å². The van der Waals surface area contributed by atoms with Gasteiger partial charge in [0.25, 0.3) is 0 Å². The predicted octanol–water partition coefficient (Wildman–Crippen LogP) is 3.50. The molecule has 0 bridgehead atoms. The number of nitrogens with two attached hydrogens (primary N) is 1. The van der Waals surface area contributed by atoms with E-state index in [9.17, 15) is 9.59 Å². The second-order valence-electron chi connectivity index (χ2n) is 6.94. The molecule has 2 rings (SSSR count). The molecule has 25 heavy (non-hydrogen) atoms. The van der Waals surface area contributed by atoms with Crippen molar-refractivity contribution < 1.29 is 19.1 Å². The van der Waals surface area contributed by atoms with Crippen LogP contribution in [-0.4, -0.2) is 31.0 Å². The summed E-state index contributed by atoms with van der Waals surface area (Å²) in [4.78, 5) is 24.0. The second kappa shape index (κ2) is 8.99. The van der Waals surface area contributed by atoms with Gasteiger partial charge in [0.2, 0.25) is 0 Å². The van der Waals surface area contributed by atoms with Crippen LogP contribution in [-0.2, 0) is 9.53 Å². The maximum Gasteiger partial charge on any atom is 0.311 e. The molecule has 1 aliphatic carbocycles. The van der Waals surface area contributed by atoms with E-state index >= 15 is 0 Å². The van der Waals surface area contributed by atoms with Gasteiger partial charge in [-0.25, -0.2) is 0 Å². The van der Waals surface area contributed by atoms with Crippen molar-refractivity contribution in [1.29, 1.82) is 0 Å². The Morgan fingerprint density at radius 2 is 1.84 bits per heavy atom. The van der Waals surface area contributed by atoms with Gasteiger partial charge >= 0.3 is 5.97 Å². The first-order valence-electron chi connectivity index (χ1n) is 9.15. The topological polar surface area (TPSA) is 78.6 Å². The molecule has 5 nitrogen and oxygen atoms in total. The second-order valence-corrected chi connectivity index (χ2v) is 6.94. The van der Waals surface area contributed by atoms with E-state index in [0.717, 1.165) is 31.4 Å². The predicted molar refractivity (Wildman–Crippen MR) is 96.7 cm³/mol. The standard InChI is InChI=1S/C20H29NO4/c1-3-24-19(23)20(2)12-10-17(11-13-20)25-16-8-6-15(7-9-16)18(22)5-4-14-21/h6-9,17H,3-5,10-14,21H2,1-2H3. The average Bonchev–Trinajstić information content (AvgIpc) is 2.62. The molecule has 0 aromatic heterocycles. The zero-order valence-corrected chi connectivity index (χ0v) is 15.3. The first-order chi connectivity index (χ1) is 12.0. The van der Waals surface area contributed by atoms with Gasteiger partial charge in [-0.3, -0.25) is 9.59 Å². The van der Waals surface area contributed by atoms with Gasteiger partial charge in [-0.2, -0.15) is 0 Å². The summed E-state index contributed by atoms with van der Waals surface area (Å²) in [7, 11) is 0. The molecule has 0 unspecified atom stereocenters. The highest BCUT2D eigenvalue weighted by Gasteiger charge is 2.39. The van der Waals surface area contributed by atoms with Gasteiger partial charge in [0.15, 0.2) is 5.78 Å². The van der Waals surface area contributed by atoms with Crippen molar-refractivity contribution >= 4 is 11.8 Å². The molecule has 2 N–H and O–H groups in total. The molecule has 0 atom stereocenters. The van der Waals surface area contributed by atoms with E-state index < -0.39 is 5.41 Å². The number of benzene rings is 1. The van der Waals surface area contributed by atoms with Crippen LogP contribution in [0.2, 0.25) is 0 Å². The van der Waals surface area contributed by atoms with E-state index in [1.54, 1.807) is 12.1 Å². The quantitative estimate of drug-likeness (QED) is 0.575. The van der Waals surface area contributed by atoms with Crippen LogP contribution in [0, 0.1) is 5.41 Å². The summed E-state index contributed by atoms with van der Waals surface area (Å²) in [6.45, 7) is 4.76. The summed E-state index contributed by atoms with van der Waals surface area (Å²) < 4.78 is 11.2. The Bertz CT molecular complexity index is 574. The van der Waals surface area contributed by atoms with Crippen LogP contribution in [0.25, 0.3) is 0 Å². The minimum absolute atomic E-state index is 0.0984. The highest BCUT2D eigenvalue weighted by molar-refractivity contribution is 5.96. The minimum atomic E-state index is -0.394. The van der Waals surface area contributed by atoms with Crippen LogP contribution in [0.15, 0.2) is 24.3 Å². The zero-order valence-electron chi connectivity index (χ0n) is 15.3. The van der Waals surface area contributed by atoms with Gasteiger partial charge in [0, 0.05) is 12.0 Å². The lowest BCUT2D eigenvalue weighted by atomic mass is 9.74. The largest absolute Gasteiger partial charge is 0.490 e. The molecule has 1 fully saturated rings. The number of Topliss-reactive ketones (excluding diaryl/α,β-unsaturated/α-hetero) is 1. The Morgan fingerprint density at radius 3 is 2.40 bits per heavy atom. The van der Waals surface area contributed by atoms with Gasteiger partial charge in [0.1, 0.15) is 5.75 Å². The molecule has 0 saturated heterocycles. The fourth-order valence-corrected chi connectivity index (χ4v) is 3.17. The summed E-state index contributed by atoms with van der Waals surface area (Å²) in [5.74, 6) is 0.772. The summed E-state index contributed by atoms with van der Waals surface area (Å²) in [5.41, 5.74) is 5.74. The van der Waals surface area contributed by atoms with Gasteiger partial charge in [-0.05, 0) is 76.8 Å². The van der Waals surface area contributed by atoms with Crippen LogP contribution in [0.4, 0.5) is 0 Å². The van der Waals surface area contributed by atoms with Crippen LogP contribution in [0.5, 0.6) is 5.75 Å². The zero-order chi connectivity index (χ0) is 18.3. The Kier molecular flexibility index (Phi) is 7.00. The summed E-state index contributed by atoms with van der Waals surface area (Å²) in [6.07, 6.45) is 4.47. The third-order valence-corrected chi connectivity index (χ3v) is 4.89. The van der Waals surface area contributed by atoms with Crippen LogP contribution in [0.3, 0.4) is 0 Å². The van der Waals surface area contributed by atoms with Gasteiger partial charge in [-0.1, -0.05) is 0 Å². The molecule has 0 radical (unpaired) electrons. The molecule has 5 heteroatoms. The number of rotatable bonds is 8. The molecule has 1 aromatic carbocycles. The van der Waals surface area contributed by atoms with E-state index in [4.69, 9.17) is 15.2 Å². The molecule has 0 spiro atoms. The van der Waals surface area contributed by atoms with Gasteiger partial charge in [-0.15, -0.1) is 0 Å². The Hall–Kier alpha value is -1.88. The van der Waals surface area contributed by atoms with Crippen LogP contribution < -0.4 is 10.5 Å². The molecular formula is C20H29NO4. The molecule has 1 aromatic rings. The molecule has 0 amide bonds. The lowest BCUT2D eigenvalue weighted by molar-refractivity contribution is -0.157. The van der Waals surface area contributed by atoms with Crippen molar-refractivity contribution in [2.75, 3.05) is 13.2 Å². The van der Waals surface area contributed by atoms with E-state index in [2.05, 4.69) is 0 Å². The lowest BCUT2D eigenvalue weighted by Crippen LogP contribution is -2.37. The summed E-state index contributed by atoms with van der Waals surface area (Å²) >= 11 is 0. The number of esters is 1. The maximum absolute atomic E-state index is 12.1. The van der Waals surface area contributed by atoms with Crippen molar-refractivity contribution in [1.82, 2.24) is 0 Å². The number of carbonyl (C=O) groups is 2. The van der Waals surface area contributed by atoms with E-state index in [1.807, 2.05) is 26.0 Å². The normalized spacial score (nSPS) is 23.1. The number of carbonyl (C=O) groups excluding carboxylic acids is 2. The lowest BCUT2D eigenvalue weighted by Gasteiger charge is -2.35. The van der Waals surface area contributed by atoms with Crippen molar-refractivity contribution in [2.45, 2.75) is 58.5 Å². The number of ether oxygens (including phenoxy) is 2. The molecule has 1 saturated carbocycles. The smallest absolute Gasteiger partial charge is 0.311 e. The SMILES string of the molecule is CCOC(=O)C1(C)CCC(Oc2ccc(C(=O)CCCN)cc2)CC1. The average molecular weight is 347 g/mol. The molecular weight excluding hydrogens is 318 g/mol. The third kappa shape index (κ3) is 5.30. The van der Waals surface area contributed by atoms with Crippen LogP contribution >= 0.6 is 0 Å². The number of ketones is 1.